The number of carbonyl (C=O) groups is 1. The molecule has 4 rings (SSSR count). The minimum atomic E-state index is -0.194. The molecule has 0 saturated heterocycles. The molecule has 0 radical (unpaired) electrons. The van der Waals surface area contributed by atoms with E-state index in [0.29, 0.717) is 10.2 Å². The highest BCUT2D eigenvalue weighted by molar-refractivity contribution is 6.31. The maximum atomic E-state index is 12.8. The van der Waals surface area contributed by atoms with Gasteiger partial charge in [-0.15, -0.1) is 0 Å². The van der Waals surface area contributed by atoms with Crippen molar-refractivity contribution >= 4 is 45.7 Å². The lowest BCUT2D eigenvalue weighted by atomic mass is 9.89. The monoisotopic (exact) mass is 409 g/mol. The zero-order valence-corrected chi connectivity index (χ0v) is 16.3. The summed E-state index contributed by atoms with van der Waals surface area (Å²) in [5, 5.41) is 5.00. The number of pyridine rings is 1. The number of aromatic amines is 1. The number of aromatic nitrogens is 2. The minimum Gasteiger partial charge on any atom is -0.361 e. The van der Waals surface area contributed by atoms with Crippen LogP contribution in [-0.2, 0) is 4.79 Å². The van der Waals surface area contributed by atoms with Crippen molar-refractivity contribution in [2.75, 3.05) is 5.32 Å². The Bertz CT molecular complexity index is 1110. The largest absolute Gasteiger partial charge is 0.361 e. The Morgan fingerprint density at radius 1 is 1.07 bits per heavy atom. The van der Waals surface area contributed by atoms with Gasteiger partial charge in [0.1, 0.15) is 5.15 Å². The number of hydrogen-bond donors (Lipinski definition) is 2. The lowest BCUT2D eigenvalue weighted by Gasteiger charge is -2.17. The van der Waals surface area contributed by atoms with Gasteiger partial charge < -0.3 is 10.3 Å². The van der Waals surface area contributed by atoms with Crippen LogP contribution in [0.15, 0.2) is 73.1 Å². The predicted octanol–water partition coefficient (Wildman–Crippen LogP) is 6.03. The van der Waals surface area contributed by atoms with Crippen LogP contribution in [0.3, 0.4) is 0 Å². The average Bonchev–Trinajstić information content (AvgIpc) is 3.10. The quantitative estimate of drug-likeness (QED) is 0.395. The Hall–Kier alpha value is -2.82. The Kier molecular flexibility index (Phi) is 5.33. The molecule has 1 atom stereocenters. The van der Waals surface area contributed by atoms with Crippen LogP contribution in [0.1, 0.15) is 23.5 Å². The number of carbonyl (C=O) groups excluding carboxylic acids is 1. The summed E-state index contributed by atoms with van der Waals surface area (Å²) < 4.78 is 0. The van der Waals surface area contributed by atoms with E-state index in [0.717, 1.165) is 27.7 Å². The topological polar surface area (TPSA) is 57.8 Å². The number of nitrogens with one attached hydrogen (secondary N) is 2. The van der Waals surface area contributed by atoms with Crippen molar-refractivity contribution in [1.82, 2.24) is 9.97 Å². The van der Waals surface area contributed by atoms with Crippen molar-refractivity contribution < 1.29 is 4.79 Å². The highest BCUT2D eigenvalue weighted by Crippen LogP contribution is 2.34. The Labute approximate surface area is 172 Å². The summed E-state index contributed by atoms with van der Waals surface area (Å²) in [5.41, 5.74) is 3.63. The molecule has 4 aromatic rings. The van der Waals surface area contributed by atoms with Crippen molar-refractivity contribution in [3.63, 3.8) is 0 Å². The van der Waals surface area contributed by atoms with E-state index in [1.54, 1.807) is 12.3 Å². The molecule has 2 heterocycles. The van der Waals surface area contributed by atoms with Gasteiger partial charge in [0.25, 0.3) is 0 Å². The molecule has 6 heteroatoms. The zero-order valence-electron chi connectivity index (χ0n) is 14.8. The number of para-hydroxylation sites is 1. The maximum Gasteiger partial charge on any atom is 0.225 e. The minimum absolute atomic E-state index is 0.0810. The van der Waals surface area contributed by atoms with E-state index < -0.39 is 0 Å². The predicted molar refractivity (Wildman–Crippen MR) is 114 cm³/mol. The number of nitrogens with zero attached hydrogens (tertiary/aromatic N) is 1. The smallest absolute Gasteiger partial charge is 0.225 e. The van der Waals surface area contributed by atoms with Crippen LogP contribution in [0.25, 0.3) is 10.9 Å². The standard InChI is InChI=1S/C22H17Cl2N3O/c23-15-7-8-20-18(10-15)19(13-25-20)17(14-6-9-21(24)26-12-14)11-22(28)27-16-4-2-1-3-5-16/h1-10,12-13,17,25H,11H2,(H,27,28). The van der Waals surface area contributed by atoms with Crippen molar-refractivity contribution in [1.29, 1.82) is 0 Å². The lowest BCUT2D eigenvalue weighted by molar-refractivity contribution is -0.116. The van der Waals surface area contributed by atoms with Gasteiger partial charge in [0.15, 0.2) is 0 Å². The number of anilines is 1. The second-order valence-corrected chi connectivity index (χ2v) is 7.34. The Morgan fingerprint density at radius 3 is 2.64 bits per heavy atom. The van der Waals surface area contributed by atoms with Crippen molar-refractivity contribution in [3.05, 3.63) is 94.4 Å². The Morgan fingerprint density at radius 2 is 1.89 bits per heavy atom. The average molecular weight is 410 g/mol. The molecule has 2 N–H and O–H groups in total. The molecule has 4 nitrogen and oxygen atoms in total. The number of hydrogen-bond acceptors (Lipinski definition) is 2. The zero-order chi connectivity index (χ0) is 19.5. The first kappa shape index (κ1) is 18.5. The molecule has 2 aromatic heterocycles. The Balaban J connectivity index is 1.70. The fourth-order valence-corrected chi connectivity index (χ4v) is 3.61. The molecule has 0 aliphatic heterocycles. The normalized spacial score (nSPS) is 12.1. The van der Waals surface area contributed by atoms with Crippen molar-refractivity contribution in [3.8, 4) is 0 Å². The van der Waals surface area contributed by atoms with E-state index >= 15 is 0 Å². The molecule has 0 fully saturated rings. The first-order valence-corrected chi connectivity index (χ1v) is 9.58. The van der Waals surface area contributed by atoms with Crippen LogP contribution < -0.4 is 5.32 Å². The summed E-state index contributed by atoms with van der Waals surface area (Å²) in [6.45, 7) is 0. The molecular formula is C22H17Cl2N3O. The summed E-state index contributed by atoms with van der Waals surface area (Å²) in [7, 11) is 0. The van der Waals surface area contributed by atoms with Crippen LogP contribution in [0, 0.1) is 0 Å². The SMILES string of the molecule is O=C(CC(c1ccc(Cl)nc1)c1c[nH]c2ccc(Cl)cc12)Nc1ccccc1. The first-order chi connectivity index (χ1) is 13.6. The number of amides is 1. The summed E-state index contributed by atoms with van der Waals surface area (Å²) in [6.07, 6.45) is 3.90. The molecule has 140 valence electrons. The number of fused-ring (bicyclic) bond motifs is 1. The molecule has 0 spiro atoms. The molecular weight excluding hydrogens is 393 g/mol. The number of H-pyrrole nitrogens is 1. The summed E-state index contributed by atoms with van der Waals surface area (Å²) in [4.78, 5) is 20.2. The molecule has 0 aliphatic carbocycles. The molecule has 2 aromatic carbocycles. The van der Waals surface area contributed by atoms with Crippen molar-refractivity contribution in [2.45, 2.75) is 12.3 Å². The van der Waals surface area contributed by atoms with E-state index in [2.05, 4.69) is 15.3 Å². The third kappa shape index (κ3) is 4.03. The van der Waals surface area contributed by atoms with Crippen LogP contribution >= 0.6 is 23.2 Å². The van der Waals surface area contributed by atoms with Gasteiger partial charge in [-0.25, -0.2) is 4.98 Å². The molecule has 28 heavy (non-hydrogen) atoms. The third-order valence-electron chi connectivity index (χ3n) is 4.65. The summed E-state index contributed by atoms with van der Waals surface area (Å²) in [5.74, 6) is -0.275. The third-order valence-corrected chi connectivity index (χ3v) is 5.11. The summed E-state index contributed by atoms with van der Waals surface area (Å²) >= 11 is 12.2. The second kappa shape index (κ2) is 8.05. The van der Waals surface area contributed by atoms with Crippen molar-refractivity contribution in [2.24, 2.45) is 0 Å². The van der Waals surface area contributed by atoms with Gasteiger partial charge >= 0.3 is 0 Å². The fraction of sp³-hybridized carbons (Fsp3) is 0.0909. The lowest BCUT2D eigenvalue weighted by Crippen LogP contribution is -2.16. The van der Waals surface area contributed by atoms with Crippen LogP contribution in [0.5, 0.6) is 0 Å². The fourth-order valence-electron chi connectivity index (χ4n) is 3.32. The van der Waals surface area contributed by atoms with Gasteiger partial charge in [-0.3, -0.25) is 4.79 Å². The van der Waals surface area contributed by atoms with E-state index in [9.17, 15) is 4.79 Å². The van der Waals surface area contributed by atoms with E-state index in [1.807, 2.05) is 60.8 Å². The van der Waals surface area contributed by atoms with Crippen LogP contribution in [0.4, 0.5) is 5.69 Å². The molecule has 1 unspecified atom stereocenters. The highest BCUT2D eigenvalue weighted by Gasteiger charge is 2.22. The highest BCUT2D eigenvalue weighted by atomic mass is 35.5. The van der Waals surface area contributed by atoms with E-state index in [4.69, 9.17) is 23.2 Å². The molecule has 0 saturated carbocycles. The van der Waals surface area contributed by atoms with E-state index in [1.165, 1.54) is 0 Å². The van der Waals surface area contributed by atoms with Gasteiger partial charge in [-0.05, 0) is 47.5 Å². The first-order valence-electron chi connectivity index (χ1n) is 8.83. The molecule has 0 bridgehead atoms. The number of benzene rings is 2. The second-order valence-electron chi connectivity index (χ2n) is 6.52. The summed E-state index contributed by atoms with van der Waals surface area (Å²) in [6, 6.07) is 18.7. The number of halogens is 2. The van der Waals surface area contributed by atoms with E-state index in [-0.39, 0.29) is 18.2 Å². The van der Waals surface area contributed by atoms with Gasteiger partial charge in [0, 0.05) is 46.3 Å². The van der Waals surface area contributed by atoms with Gasteiger partial charge in [-0.2, -0.15) is 0 Å². The maximum absolute atomic E-state index is 12.8. The van der Waals surface area contributed by atoms with Crippen LogP contribution in [-0.4, -0.2) is 15.9 Å². The number of rotatable bonds is 5. The van der Waals surface area contributed by atoms with Crippen LogP contribution in [0.2, 0.25) is 10.2 Å². The van der Waals surface area contributed by atoms with Gasteiger partial charge in [0.2, 0.25) is 5.91 Å². The van der Waals surface area contributed by atoms with Gasteiger partial charge in [0.05, 0.1) is 0 Å². The molecule has 0 aliphatic rings. The van der Waals surface area contributed by atoms with Gasteiger partial charge in [-0.1, -0.05) is 47.5 Å². The molecule has 1 amide bonds.